The number of hydrogen-bond donors (Lipinski definition) is 1. The largest absolute Gasteiger partial charge is 0.496 e. The lowest BCUT2D eigenvalue weighted by molar-refractivity contribution is 0.0686. The lowest BCUT2D eigenvalue weighted by atomic mass is 9.84. The minimum atomic E-state index is -1.09. The number of rotatable bonds is 3. The van der Waals surface area contributed by atoms with Crippen LogP contribution in [0.4, 0.5) is 0 Å². The van der Waals surface area contributed by atoms with Crippen LogP contribution in [0, 0.1) is 6.92 Å². The minimum absolute atomic E-state index is 0.0859. The molecule has 0 amide bonds. The number of aromatic carboxylic acids is 1. The van der Waals surface area contributed by atoms with E-state index >= 15 is 0 Å². The average Bonchev–Trinajstić information content (AvgIpc) is 2.96. The van der Waals surface area contributed by atoms with Gasteiger partial charge in [-0.3, -0.25) is 0 Å². The SMILES string of the molecule is COc1cc(C)c2c(c1-c1cc(C(=O)O)no1)CCCC2. The van der Waals surface area contributed by atoms with E-state index in [1.807, 2.05) is 6.07 Å². The van der Waals surface area contributed by atoms with E-state index in [9.17, 15) is 4.79 Å². The highest BCUT2D eigenvalue weighted by atomic mass is 16.5. The normalized spacial score (nSPS) is 13.8. The van der Waals surface area contributed by atoms with Crippen molar-refractivity contribution < 1.29 is 19.2 Å². The van der Waals surface area contributed by atoms with Crippen molar-refractivity contribution in [3.8, 4) is 17.1 Å². The maximum absolute atomic E-state index is 11.0. The molecule has 0 bridgehead atoms. The topological polar surface area (TPSA) is 72.6 Å². The molecule has 0 fully saturated rings. The van der Waals surface area contributed by atoms with Gasteiger partial charge in [0.05, 0.1) is 12.7 Å². The number of ether oxygens (including phenoxy) is 1. The zero-order valence-corrected chi connectivity index (χ0v) is 12.1. The van der Waals surface area contributed by atoms with E-state index in [0.717, 1.165) is 24.8 Å². The first-order valence-electron chi connectivity index (χ1n) is 7.01. The fourth-order valence-electron chi connectivity index (χ4n) is 3.05. The van der Waals surface area contributed by atoms with E-state index < -0.39 is 5.97 Å². The van der Waals surface area contributed by atoms with Gasteiger partial charge < -0.3 is 14.4 Å². The first-order chi connectivity index (χ1) is 10.1. The molecule has 21 heavy (non-hydrogen) atoms. The Balaban J connectivity index is 2.21. The third kappa shape index (κ3) is 2.28. The minimum Gasteiger partial charge on any atom is -0.496 e. The third-order valence-electron chi connectivity index (χ3n) is 4.04. The summed E-state index contributed by atoms with van der Waals surface area (Å²) in [6.45, 7) is 2.08. The van der Waals surface area contributed by atoms with Crippen LogP contribution in [-0.4, -0.2) is 23.3 Å². The van der Waals surface area contributed by atoms with Crippen molar-refractivity contribution in [2.75, 3.05) is 7.11 Å². The number of fused-ring (bicyclic) bond motifs is 1. The number of aryl methyl sites for hydroxylation is 1. The molecular weight excluding hydrogens is 270 g/mol. The van der Waals surface area contributed by atoms with Gasteiger partial charge in [0.25, 0.3) is 0 Å². The molecule has 2 aromatic rings. The van der Waals surface area contributed by atoms with Gasteiger partial charge in [0.15, 0.2) is 11.5 Å². The Bertz CT molecular complexity index is 703. The maximum atomic E-state index is 11.0. The van der Waals surface area contributed by atoms with Crippen LogP contribution in [0.3, 0.4) is 0 Å². The Hall–Kier alpha value is -2.30. The van der Waals surface area contributed by atoms with Gasteiger partial charge in [0.2, 0.25) is 0 Å². The van der Waals surface area contributed by atoms with Crippen molar-refractivity contribution in [3.63, 3.8) is 0 Å². The molecule has 0 unspecified atom stereocenters. The second-order valence-corrected chi connectivity index (χ2v) is 5.32. The van der Waals surface area contributed by atoms with Crippen molar-refractivity contribution in [1.29, 1.82) is 0 Å². The van der Waals surface area contributed by atoms with Crippen LogP contribution in [-0.2, 0) is 12.8 Å². The fraction of sp³-hybridized carbons (Fsp3) is 0.375. The van der Waals surface area contributed by atoms with Crippen molar-refractivity contribution in [2.45, 2.75) is 32.6 Å². The van der Waals surface area contributed by atoms with Crippen LogP contribution >= 0.6 is 0 Å². The van der Waals surface area contributed by atoms with Gasteiger partial charge in [-0.05, 0) is 55.4 Å². The van der Waals surface area contributed by atoms with Crippen molar-refractivity contribution >= 4 is 5.97 Å². The zero-order valence-electron chi connectivity index (χ0n) is 12.1. The lowest BCUT2D eigenvalue weighted by Gasteiger charge is -2.22. The molecule has 1 N–H and O–H groups in total. The van der Waals surface area contributed by atoms with Crippen LogP contribution in [0.1, 0.15) is 40.0 Å². The van der Waals surface area contributed by atoms with Gasteiger partial charge in [0.1, 0.15) is 5.75 Å². The summed E-state index contributed by atoms with van der Waals surface area (Å²) in [6.07, 6.45) is 4.28. The Morgan fingerprint density at radius 3 is 2.62 bits per heavy atom. The molecule has 1 heterocycles. The average molecular weight is 287 g/mol. The Labute approximate surface area is 122 Å². The molecule has 0 saturated carbocycles. The Morgan fingerprint density at radius 2 is 2.00 bits per heavy atom. The second kappa shape index (κ2) is 5.24. The molecule has 5 nitrogen and oxygen atoms in total. The van der Waals surface area contributed by atoms with Gasteiger partial charge in [-0.15, -0.1) is 0 Å². The van der Waals surface area contributed by atoms with Gasteiger partial charge in [0, 0.05) is 6.07 Å². The van der Waals surface area contributed by atoms with E-state index in [4.69, 9.17) is 14.4 Å². The highest BCUT2D eigenvalue weighted by molar-refractivity contribution is 5.87. The highest BCUT2D eigenvalue weighted by Crippen LogP contribution is 2.40. The Morgan fingerprint density at radius 1 is 1.29 bits per heavy atom. The van der Waals surface area contributed by atoms with E-state index in [2.05, 4.69) is 12.1 Å². The molecule has 1 aromatic carbocycles. The molecule has 1 aliphatic rings. The molecule has 110 valence electrons. The monoisotopic (exact) mass is 287 g/mol. The number of carbonyl (C=O) groups is 1. The van der Waals surface area contributed by atoms with Crippen LogP contribution < -0.4 is 4.74 Å². The van der Waals surface area contributed by atoms with Crippen LogP contribution in [0.15, 0.2) is 16.7 Å². The van der Waals surface area contributed by atoms with Crippen LogP contribution in [0.25, 0.3) is 11.3 Å². The number of nitrogens with zero attached hydrogens (tertiary/aromatic N) is 1. The van der Waals surface area contributed by atoms with E-state index in [1.165, 1.54) is 29.2 Å². The summed E-state index contributed by atoms with van der Waals surface area (Å²) >= 11 is 0. The summed E-state index contributed by atoms with van der Waals surface area (Å²) < 4.78 is 10.7. The molecule has 0 atom stereocenters. The number of hydrogen-bond acceptors (Lipinski definition) is 4. The van der Waals surface area contributed by atoms with Crippen molar-refractivity contribution in [3.05, 3.63) is 34.5 Å². The van der Waals surface area contributed by atoms with E-state index in [1.54, 1.807) is 7.11 Å². The Kier molecular flexibility index (Phi) is 3.41. The summed E-state index contributed by atoms with van der Waals surface area (Å²) in [5.74, 6) is 0.0774. The van der Waals surface area contributed by atoms with Crippen molar-refractivity contribution in [1.82, 2.24) is 5.16 Å². The molecule has 0 spiro atoms. The molecule has 5 heteroatoms. The molecule has 0 aliphatic heterocycles. The van der Waals surface area contributed by atoms with Gasteiger partial charge in [-0.2, -0.15) is 0 Å². The summed E-state index contributed by atoms with van der Waals surface area (Å²) in [5, 5.41) is 12.6. The molecule has 1 aliphatic carbocycles. The summed E-state index contributed by atoms with van der Waals surface area (Å²) in [7, 11) is 1.61. The number of carboxylic acid groups (broad SMARTS) is 1. The molecule has 1 aromatic heterocycles. The van der Waals surface area contributed by atoms with Crippen LogP contribution in [0.2, 0.25) is 0 Å². The maximum Gasteiger partial charge on any atom is 0.358 e. The first-order valence-corrected chi connectivity index (χ1v) is 7.01. The molecular formula is C16H17NO4. The van der Waals surface area contributed by atoms with Crippen LogP contribution in [0.5, 0.6) is 5.75 Å². The molecule has 0 saturated heterocycles. The summed E-state index contributed by atoms with van der Waals surface area (Å²) in [4.78, 5) is 11.0. The van der Waals surface area contributed by atoms with Crippen molar-refractivity contribution in [2.24, 2.45) is 0 Å². The predicted octanol–water partition coefficient (Wildman–Crippen LogP) is 3.24. The summed E-state index contributed by atoms with van der Waals surface area (Å²) in [5.41, 5.74) is 4.50. The number of benzene rings is 1. The molecule has 3 rings (SSSR count). The summed E-state index contributed by atoms with van der Waals surface area (Å²) in [6, 6.07) is 3.45. The number of carboxylic acids is 1. The smallest absolute Gasteiger partial charge is 0.358 e. The standard InChI is InChI=1S/C16H17NO4/c1-9-7-13(20-2)15(11-6-4-3-5-10(9)11)14-8-12(16(18)19)17-21-14/h7-8H,3-6H2,1-2H3,(H,18,19). The molecule has 0 radical (unpaired) electrons. The quantitative estimate of drug-likeness (QED) is 0.938. The second-order valence-electron chi connectivity index (χ2n) is 5.32. The predicted molar refractivity (Wildman–Crippen MR) is 76.8 cm³/mol. The lowest BCUT2D eigenvalue weighted by Crippen LogP contribution is -2.08. The third-order valence-corrected chi connectivity index (χ3v) is 4.04. The van der Waals surface area contributed by atoms with E-state index in [0.29, 0.717) is 11.5 Å². The van der Waals surface area contributed by atoms with E-state index in [-0.39, 0.29) is 5.69 Å². The zero-order chi connectivity index (χ0) is 15.0. The highest BCUT2D eigenvalue weighted by Gasteiger charge is 2.24. The number of aromatic nitrogens is 1. The fourth-order valence-corrected chi connectivity index (χ4v) is 3.05. The van der Waals surface area contributed by atoms with Gasteiger partial charge in [-0.1, -0.05) is 5.16 Å². The number of methoxy groups -OCH3 is 1. The van der Waals surface area contributed by atoms with Gasteiger partial charge >= 0.3 is 5.97 Å². The first kappa shape index (κ1) is 13.7. The van der Waals surface area contributed by atoms with Gasteiger partial charge in [-0.25, -0.2) is 4.79 Å².